The van der Waals surface area contributed by atoms with Gasteiger partial charge in [0.05, 0.1) is 14.3 Å². The Morgan fingerprint density at radius 1 is 1.52 bits per heavy atom. The summed E-state index contributed by atoms with van der Waals surface area (Å²) in [6.45, 7) is 3.93. The fraction of sp³-hybridized carbons (Fsp3) is 0.0769. The second kappa shape index (κ2) is 6.50. The number of hydrogen-bond acceptors (Lipinski definition) is 5. The molecule has 1 aliphatic rings. The molecule has 0 bridgehead atoms. The number of thioether (sulfide) groups is 1. The topological polar surface area (TPSA) is 63.5 Å². The number of amides is 1. The molecule has 8 heteroatoms. The van der Waals surface area contributed by atoms with Crippen molar-refractivity contribution in [2.24, 2.45) is 0 Å². The zero-order chi connectivity index (χ0) is 15.6. The van der Waals surface area contributed by atoms with Crippen molar-refractivity contribution >= 4 is 61.9 Å². The summed E-state index contributed by atoms with van der Waals surface area (Å²) in [5, 5.41) is 10.9. The minimum atomic E-state index is -0.482. The summed E-state index contributed by atoms with van der Waals surface area (Å²) in [4.78, 5) is 24.5. The van der Waals surface area contributed by atoms with Gasteiger partial charge in [0.15, 0.2) is 0 Å². The molecule has 0 aromatic heterocycles. The highest BCUT2D eigenvalue weighted by Gasteiger charge is 2.31. The first-order chi connectivity index (χ1) is 9.93. The monoisotopic (exact) mass is 384 g/mol. The third kappa shape index (κ3) is 3.39. The molecule has 1 aromatic carbocycles. The number of thiocarbonyl (C=S) groups is 1. The van der Waals surface area contributed by atoms with Crippen LogP contribution in [0.4, 0.5) is 5.69 Å². The Hall–Kier alpha value is -1.51. The molecule has 108 valence electrons. The molecule has 1 aromatic rings. The summed E-state index contributed by atoms with van der Waals surface area (Å²) < 4.78 is 0.849. The third-order valence-corrected chi connectivity index (χ3v) is 4.70. The molecule has 0 spiro atoms. The number of benzene rings is 1. The first-order valence-corrected chi connectivity index (χ1v) is 7.76. The summed E-state index contributed by atoms with van der Waals surface area (Å²) in [6, 6.07) is 4.68. The SMILES string of the molecule is C=CCN1C(=O)/C(=C/c2ccc(Br)c([N+](=O)[O-])c2)SC1=S. The lowest BCUT2D eigenvalue weighted by Gasteiger charge is -2.10. The number of rotatable bonds is 4. The van der Waals surface area contributed by atoms with Crippen LogP contribution in [0, 0.1) is 10.1 Å². The molecule has 0 aliphatic carbocycles. The van der Waals surface area contributed by atoms with Gasteiger partial charge in [0.1, 0.15) is 4.32 Å². The number of carbonyl (C=O) groups excluding carboxylic acids is 1. The molecule has 0 saturated carbocycles. The van der Waals surface area contributed by atoms with Gasteiger partial charge < -0.3 is 0 Å². The molecule has 1 amide bonds. The van der Waals surface area contributed by atoms with Crippen molar-refractivity contribution in [3.63, 3.8) is 0 Å². The van der Waals surface area contributed by atoms with Crippen LogP contribution in [0.1, 0.15) is 5.56 Å². The highest BCUT2D eigenvalue weighted by atomic mass is 79.9. The molecular formula is C13H9BrN2O3S2. The van der Waals surface area contributed by atoms with Crippen LogP contribution in [0.2, 0.25) is 0 Å². The summed E-state index contributed by atoms with van der Waals surface area (Å²) in [5.41, 5.74) is 0.523. The molecule has 1 fully saturated rings. The summed E-state index contributed by atoms with van der Waals surface area (Å²) in [7, 11) is 0. The fourth-order valence-corrected chi connectivity index (χ4v) is 3.36. The van der Waals surface area contributed by atoms with Crippen LogP contribution >= 0.6 is 39.9 Å². The van der Waals surface area contributed by atoms with Crippen molar-refractivity contribution in [2.75, 3.05) is 6.54 Å². The lowest BCUT2D eigenvalue weighted by molar-refractivity contribution is -0.385. The summed E-state index contributed by atoms with van der Waals surface area (Å²) >= 11 is 9.42. The smallest absolute Gasteiger partial charge is 0.284 e. The van der Waals surface area contributed by atoms with Gasteiger partial charge in [-0.1, -0.05) is 36.1 Å². The van der Waals surface area contributed by atoms with Gasteiger partial charge in [0.25, 0.3) is 11.6 Å². The minimum Gasteiger partial charge on any atom is -0.289 e. The van der Waals surface area contributed by atoms with E-state index < -0.39 is 4.92 Å². The van der Waals surface area contributed by atoms with Crippen molar-refractivity contribution in [3.8, 4) is 0 Å². The van der Waals surface area contributed by atoms with Crippen LogP contribution < -0.4 is 0 Å². The van der Waals surface area contributed by atoms with Gasteiger partial charge in [0.2, 0.25) is 0 Å². The molecule has 21 heavy (non-hydrogen) atoms. The minimum absolute atomic E-state index is 0.0506. The van der Waals surface area contributed by atoms with E-state index in [9.17, 15) is 14.9 Å². The Labute approximate surface area is 139 Å². The average Bonchev–Trinajstić information content (AvgIpc) is 2.69. The maximum atomic E-state index is 12.2. The second-order valence-corrected chi connectivity index (χ2v) is 6.58. The maximum Gasteiger partial charge on any atom is 0.284 e. The van der Waals surface area contributed by atoms with Crippen LogP contribution in [-0.2, 0) is 4.79 Å². The Morgan fingerprint density at radius 2 is 2.24 bits per heavy atom. The van der Waals surface area contributed by atoms with E-state index in [4.69, 9.17) is 12.2 Å². The molecule has 1 aliphatic heterocycles. The molecule has 2 rings (SSSR count). The standard InChI is InChI=1S/C13H9BrN2O3S2/c1-2-5-15-12(17)11(21-13(15)20)7-8-3-4-9(14)10(6-8)16(18)19/h2-4,6-7H,1,5H2/b11-7-. The van der Waals surface area contributed by atoms with Crippen LogP contribution in [-0.4, -0.2) is 26.6 Å². The molecule has 1 saturated heterocycles. The van der Waals surface area contributed by atoms with Gasteiger partial charge in [-0.05, 0) is 33.6 Å². The van der Waals surface area contributed by atoms with E-state index in [1.165, 1.54) is 22.7 Å². The van der Waals surface area contributed by atoms with Crippen molar-refractivity contribution in [1.29, 1.82) is 0 Å². The molecule has 0 radical (unpaired) electrons. The average molecular weight is 385 g/mol. The van der Waals surface area contributed by atoms with Crippen LogP contribution in [0.25, 0.3) is 6.08 Å². The fourth-order valence-electron chi connectivity index (χ4n) is 1.70. The number of hydrogen-bond donors (Lipinski definition) is 0. The molecule has 0 unspecified atom stereocenters. The number of halogens is 1. The number of nitro groups is 1. The maximum absolute atomic E-state index is 12.2. The van der Waals surface area contributed by atoms with Gasteiger partial charge in [-0.25, -0.2) is 0 Å². The van der Waals surface area contributed by atoms with E-state index in [1.807, 2.05) is 0 Å². The Morgan fingerprint density at radius 3 is 2.86 bits per heavy atom. The second-order valence-electron chi connectivity index (χ2n) is 4.05. The Bertz CT molecular complexity index is 688. The highest BCUT2D eigenvalue weighted by molar-refractivity contribution is 9.10. The summed E-state index contributed by atoms with van der Waals surface area (Å²) in [6.07, 6.45) is 3.19. The van der Waals surface area contributed by atoms with Gasteiger partial charge in [-0.2, -0.15) is 0 Å². The van der Waals surface area contributed by atoms with Gasteiger partial charge in [0, 0.05) is 12.6 Å². The highest BCUT2D eigenvalue weighted by Crippen LogP contribution is 2.33. The molecule has 0 atom stereocenters. The van der Waals surface area contributed by atoms with Gasteiger partial charge >= 0.3 is 0 Å². The first-order valence-electron chi connectivity index (χ1n) is 5.74. The van der Waals surface area contributed by atoms with Crippen LogP contribution in [0.15, 0.2) is 40.2 Å². The van der Waals surface area contributed by atoms with E-state index >= 15 is 0 Å². The van der Waals surface area contributed by atoms with Crippen LogP contribution in [0.3, 0.4) is 0 Å². The quantitative estimate of drug-likeness (QED) is 0.260. The Balaban J connectivity index is 2.35. The lowest BCUT2D eigenvalue weighted by atomic mass is 10.2. The van der Waals surface area contributed by atoms with Crippen molar-refractivity contribution in [1.82, 2.24) is 4.90 Å². The molecule has 5 nitrogen and oxygen atoms in total. The van der Waals surface area contributed by atoms with Gasteiger partial charge in [-0.15, -0.1) is 6.58 Å². The van der Waals surface area contributed by atoms with E-state index in [0.29, 0.717) is 25.8 Å². The number of nitro benzene ring substituents is 1. The van der Waals surface area contributed by atoms with Crippen molar-refractivity contribution in [3.05, 3.63) is 55.9 Å². The van der Waals surface area contributed by atoms with Crippen molar-refractivity contribution in [2.45, 2.75) is 0 Å². The lowest BCUT2D eigenvalue weighted by Crippen LogP contribution is -2.27. The van der Waals surface area contributed by atoms with Gasteiger partial charge in [-0.3, -0.25) is 19.8 Å². The zero-order valence-electron chi connectivity index (χ0n) is 10.6. The number of carbonyl (C=O) groups is 1. The zero-order valence-corrected chi connectivity index (χ0v) is 13.8. The van der Waals surface area contributed by atoms with E-state index in [2.05, 4.69) is 22.5 Å². The predicted octanol–water partition coefficient (Wildman–Crippen LogP) is 3.74. The first kappa shape index (κ1) is 15.9. The predicted molar refractivity (Wildman–Crippen MR) is 90.9 cm³/mol. The molecule has 0 N–H and O–H groups in total. The van der Waals surface area contributed by atoms with E-state index in [1.54, 1.807) is 24.3 Å². The molecule has 1 heterocycles. The normalized spacial score (nSPS) is 16.6. The van der Waals surface area contributed by atoms with Crippen molar-refractivity contribution < 1.29 is 9.72 Å². The third-order valence-electron chi connectivity index (χ3n) is 2.65. The Kier molecular flexibility index (Phi) is 4.92. The molecular weight excluding hydrogens is 376 g/mol. The van der Waals surface area contributed by atoms with E-state index in [0.717, 1.165) is 0 Å². The van der Waals surface area contributed by atoms with Crippen LogP contribution in [0.5, 0.6) is 0 Å². The van der Waals surface area contributed by atoms with E-state index in [-0.39, 0.29) is 11.6 Å². The summed E-state index contributed by atoms with van der Waals surface area (Å²) in [5.74, 6) is -0.213. The largest absolute Gasteiger partial charge is 0.289 e. The number of nitrogens with zero attached hydrogens (tertiary/aromatic N) is 2.